The monoisotopic (exact) mass is 247 g/mol. The average Bonchev–Trinajstić information content (AvgIpc) is 2.80. The normalized spacial score (nSPS) is 10.3. The lowest BCUT2D eigenvalue weighted by Gasteiger charge is -2.17. The van der Waals surface area contributed by atoms with Gasteiger partial charge in [0.1, 0.15) is 0 Å². The third-order valence-electron chi connectivity index (χ3n) is 2.63. The van der Waals surface area contributed by atoms with Crippen molar-refractivity contribution >= 4 is 11.5 Å². The Morgan fingerprint density at radius 2 is 2.33 bits per heavy atom. The lowest BCUT2D eigenvalue weighted by atomic mass is 10.2. The van der Waals surface area contributed by atoms with E-state index in [0.29, 0.717) is 17.9 Å². The molecule has 0 unspecified atom stereocenters. The third-order valence-corrected chi connectivity index (χ3v) is 2.63. The van der Waals surface area contributed by atoms with E-state index in [4.69, 9.17) is 0 Å². The van der Waals surface area contributed by atoms with E-state index < -0.39 is 4.92 Å². The van der Waals surface area contributed by atoms with Crippen molar-refractivity contribution in [3.05, 3.63) is 45.9 Å². The van der Waals surface area contributed by atoms with Gasteiger partial charge in [0.15, 0.2) is 0 Å². The minimum atomic E-state index is -0.399. The van der Waals surface area contributed by atoms with Gasteiger partial charge >= 0.3 is 5.69 Å². The van der Waals surface area contributed by atoms with Gasteiger partial charge in [0, 0.05) is 37.1 Å². The number of anilines is 1. The Morgan fingerprint density at radius 1 is 1.56 bits per heavy atom. The molecule has 2 aromatic rings. The van der Waals surface area contributed by atoms with E-state index in [9.17, 15) is 10.1 Å². The maximum atomic E-state index is 11.1. The highest BCUT2D eigenvalue weighted by atomic mass is 16.6. The molecule has 2 aromatic heterocycles. The van der Waals surface area contributed by atoms with Gasteiger partial charge in [-0.3, -0.25) is 15.2 Å². The number of nitrogens with zero attached hydrogens (tertiary/aromatic N) is 4. The number of nitrogens with one attached hydrogen (secondary N) is 1. The Morgan fingerprint density at radius 3 is 2.94 bits per heavy atom. The van der Waals surface area contributed by atoms with Crippen LogP contribution in [0.3, 0.4) is 0 Å². The lowest BCUT2D eigenvalue weighted by Crippen LogP contribution is -2.19. The van der Waals surface area contributed by atoms with Crippen molar-refractivity contribution in [2.45, 2.75) is 13.5 Å². The first-order valence-electron chi connectivity index (χ1n) is 5.38. The van der Waals surface area contributed by atoms with Gasteiger partial charge in [-0.05, 0) is 13.0 Å². The minimum absolute atomic E-state index is 0.0449. The highest BCUT2D eigenvalue weighted by Gasteiger charge is 2.21. The van der Waals surface area contributed by atoms with Crippen molar-refractivity contribution in [3.63, 3.8) is 0 Å². The third kappa shape index (κ3) is 2.29. The summed E-state index contributed by atoms with van der Waals surface area (Å²) >= 11 is 0. The number of aromatic amines is 1. The molecule has 7 heteroatoms. The van der Waals surface area contributed by atoms with Crippen LogP contribution in [0.25, 0.3) is 0 Å². The number of aromatic nitrogens is 3. The number of hydrogen-bond donors (Lipinski definition) is 1. The summed E-state index contributed by atoms with van der Waals surface area (Å²) in [6, 6.07) is 1.63. The van der Waals surface area contributed by atoms with E-state index in [0.717, 1.165) is 5.56 Å². The van der Waals surface area contributed by atoms with E-state index in [1.54, 1.807) is 43.5 Å². The van der Waals surface area contributed by atoms with Gasteiger partial charge in [-0.15, -0.1) is 0 Å². The van der Waals surface area contributed by atoms with Crippen LogP contribution in [0.15, 0.2) is 24.7 Å². The summed E-state index contributed by atoms with van der Waals surface area (Å²) in [5.41, 5.74) is 1.59. The second-order valence-electron chi connectivity index (χ2n) is 4.02. The molecule has 2 heterocycles. The fraction of sp³-hybridized carbons (Fsp3) is 0.273. The summed E-state index contributed by atoms with van der Waals surface area (Å²) in [7, 11) is 1.77. The zero-order valence-electron chi connectivity index (χ0n) is 10.1. The van der Waals surface area contributed by atoms with Crippen LogP contribution < -0.4 is 4.90 Å². The van der Waals surface area contributed by atoms with Gasteiger partial charge in [-0.25, -0.2) is 4.98 Å². The smallest absolute Gasteiger partial charge is 0.314 e. The van der Waals surface area contributed by atoms with E-state index >= 15 is 0 Å². The van der Waals surface area contributed by atoms with Crippen LogP contribution >= 0.6 is 0 Å². The zero-order valence-corrected chi connectivity index (χ0v) is 10.1. The van der Waals surface area contributed by atoms with Crippen LogP contribution in [-0.2, 0) is 6.54 Å². The predicted octanol–water partition coefficient (Wildman–Crippen LogP) is 1.66. The van der Waals surface area contributed by atoms with Crippen LogP contribution in [0.4, 0.5) is 11.5 Å². The Bertz CT molecular complexity index is 553. The molecule has 0 aliphatic carbocycles. The maximum absolute atomic E-state index is 11.1. The Kier molecular flexibility index (Phi) is 3.22. The number of H-pyrrole nitrogens is 1. The first-order chi connectivity index (χ1) is 8.59. The van der Waals surface area contributed by atoms with Crippen LogP contribution in [0.2, 0.25) is 0 Å². The molecule has 0 amide bonds. The van der Waals surface area contributed by atoms with Crippen molar-refractivity contribution in [1.82, 2.24) is 15.2 Å². The quantitative estimate of drug-likeness (QED) is 0.655. The maximum Gasteiger partial charge on any atom is 0.314 e. The van der Waals surface area contributed by atoms with Gasteiger partial charge in [-0.2, -0.15) is 5.10 Å². The Balaban J connectivity index is 2.32. The van der Waals surface area contributed by atoms with E-state index in [1.807, 2.05) is 0 Å². The number of pyridine rings is 1. The minimum Gasteiger partial charge on any atom is -0.349 e. The van der Waals surface area contributed by atoms with Gasteiger partial charge in [0.05, 0.1) is 11.1 Å². The summed E-state index contributed by atoms with van der Waals surface area (Å²) in [5.74, 6) is 0.362. The molecule has 18 heavy (non-hydrogen) atoms. The van der Waals surface area contributed by atoms with Crippen LogP contribution in [0.5, 0.6) is 0 Å². The molecular formula is C11H13N5O2. The molecule has 0 bridgehead atoms. The van der Waals surface area contributed by atoms with Crippen molar-refractivity contribution in [1.29, 1.82) is 0 Å². The van der Waals surface area contributed by atoms with Crippen molar-refractivity contribution in [2.24, 2.45) is 0 Å². The highest BCUT2D eigenvalue weighted by Crippen LogP contribution is 2.28. The number of rotatable bonds is 4. The van der Waals surface area contributed by atoms with E-state index in [-0.39, 0.29) is 5.69 Å². The molecule has 2 rings (SSSR count). The summed E-state index contributed by atoms with van der Waals surface area (Å²) in [6.07, 6.45) is 5.00. The zero-order chi connectivity index (χ0) is 13.1. The van der Waals surface area contributed by atoms with Crippen LogP contribution in [0.1, 0.15) is 11.1 Å². The first kappa shape index (κ1) is 12.0. The predicted molar refractivity (Wildman–Crippen MR) is 66.3 cm³/mol. The van der Waals surface area contributed by atoms with E-state index in [1.165, 1.54) is 0 Å². The molecule has 0 aliphatic heterocycles. The van der Waals surface area contributed by atoms with Crippen LogP contribution in [-0.4, -0.2) is 27.2 Å². The second-order valence-corrected chi connectivity index (χ2v) is 4.02. The molecule has 0 fully saturated rings. The molecule has 0 saturated heterocycles. The standard InChI is InChI=1S/C11H13N5O2/c1-8-3-4-12-11(10(8)16(17)18)15(2)7-9-5-13-14-6-9/h3-6H,7H2,1-2H3,(H,13,14). The highest BCUT2D eigenvalue weighted by molar-refractivity contribution is 5.61. The molecule has 0 aromatic carbocycles. The first-order valence-corrected chi connectivity index (χ1v) is 5.38. The number of aryl methyl sites for hydroxylation is 1. The topological polar surface area (TPSA) is 88.0 Å². The molecule has 0 saturated carbocycles. The molecular weight excluding hydrogens is 234 g/mol. The van der Waals surface area contributed by atoms with Gasteiger partial charge in [-0.1, -0.05) is 0 Å². The summed E-state index contributed by atoms with van der Waals surface area (Å²) in [5, 5.41) is 17.6. The molecule has 0 radical (unpaired) electrons. The van der Waals surface area contributed by atoms with Crippen molar-refractivity contribution < 1.29 is 4.92 Å². The van der Waals surface area contributed by atoms with Gasteiger partial charge in [0.25, 0.3) is 0 Å². The largest absolute Gasteiger partial charge is 0.349 e. The average molecular weight is 247 g/mol. The lowest BCUT2D eigenvalue weighted by molar-refractivity contribution is -0.384. The molecule has 0 aliphatic rings. The molecule has 94 valence electrons. The summed E-state index contributed by atoms with van der Waals surface area (Å²) < 4.78 is 0. The van der Waals surface area contributed by atoms with Crippen molar-refractivity contribution in [3.8, 4) is 0 Å². The number of nitro groups is 1. The fourth-order valence-electron chi connectivity index (χ4n) is 1.75. The molecule has 1 N–H and O–H groups in total. The molecule has 0 atom stereocenters. The molecule has 7 nitrogen and oxygen atoms in total. The van der Waals surface area contributed by atoms with E-state index in [2.05, 4.69) is 15.2 Å². The van der Waals surface area contributed by atoms with Crippen LogP contribution in [0, 0.1) is 17.0 Å². The Hall–Kier alpha value is -2.44. The Labute approximate surface area is 104 Å². The van der Waals surface area contributed by atoms with Gasteiger partial charge < -0.3 is 4.90 Å². The van der Waals surface area contributed by atoms with Gasteiger partial charge in [0.2, 0.25) is 5.82 Å². The summed E-state index contributed by atoms with van der Waals surface area (Å²) in [6.45, 7) is 2.21. The second kappa shape index (κ2) is 4.82. The molecule has 0 spiro atoms. The fourth-order valence-corrected chi connectivity index (χ4v) is 1.75. The van der Waals surface area contributed by atoms with Crippen molar-refractivity contribution in [2.75, 3.05) is 11.9 Å². The SMILES string of the molecule is Cc1ccnc(N(C)Cc2cn[nH]c2)c1[N+](=O)[O-]. The number of hydrogen-bond acceptors (Lipinski definition) is 5. The summed E-state index contributed by atoms with van der Waals surface area (Å²) in [4.78, 5) is 16.5.